The normalized spacial score (nSPS) is 12.7. The molecule has 216 valence electrons. The molecule has 0 saturated carbocycles. The minimum Gasteiger partial charge on any atom is -0.508 e. The molecule has 0 aliphatic rings. The molecule has 2 amide bonds. The van der Waals surface area contributed by atoms with Crippen LogP contribution in [0.2, 0.25) is 0 Å². The number of phenolic OH excluding ortho intramolecular Hbond substituents is 1. The SMILES string of the molecule is CCCCCCC(NC(C)=O)(C(=O)N(C)CCCC)c1c(C)n(C(=O)CCc2ccccc2)c2ccc(O)cc12. The molecule has 2 aromatic carbocycles. The molecule has 1 aromatic heterocycles. The lowest BCUT2D eigenvalue weighted by molar-refractivity contribution is -0.141. The quantitative estimate of drug-likeness (QED) is 0.226. The summed E-state index contributed by atoms with van der Waals surface area (Å²) in [6.07, 6.45) is 6.75. The van der Waals surface area contributed by atoms with Crippen molar-refractivity contribution >= 4 is 28.6 Å². The van der Waals surface area contributed by atoms with Crippen LogP contribution in [-0.2, 0) is 21.5 Å². The average Bonchev–Trinajstić information content (AvgIpc) is 3.23. The minimum absolute atomic E-state index is 0.0390. The minimum atomic E-state index is -1.37. The van der Waals surface area contributed by atoms with Gasteiger partial charge in [0.2, 0.25) is 11.8 Å². The van der Waals surface area contributed by atoms with Gasteiger partial charge in [-0.15, -0.1) is 0 Å². The topological polar surface area (TPSA) is 91.6 Å². The molecule has 3 rings (SSSR count). The van der Waals surface area contributed by atoms with Gasteiger partial charge in [0.05, 0.1) is 5.52 Å². The van der Waals surface area contributed by atoms with E-state index in [4.69, 9.17) is 0 Å². The van der Waals surface area contributed by atoms with Crippen molar-refractivity contribution in [1.29, 1.82) is 0 Å². The number of aromatic nitrogens is 1. The summed E-state index contributed by atoms with van der Waals surface area (Å²) in [6.45, 7) is 8.04. The maximum Gasteiger partial charge on any atom is 0.252 e. The second-order valence-electron chi connectivity index (χ2n) is 10.9. The van der Waals surface area contributed by atoms with E-state index in [2.05, 4.69) is 19.2 Å². The van der Waals surface area contributed by atoms with Gasteiger partial charge < -0.3 is 15.3 Å². The zero-order chi connectivity index (χ0) is 29.3. The lowest BCUT2D eigenvalue weighted by atomic mass is 9.81. The van der Waals surface area contributed by atoms with Crippen molar-refractivity contribution < 1.29 is 19.5 Å². The molecule has 1 heterocycles. The second kappa shape index (κ2) is 14.1. The van der Waals surface area contributed by atoms with Gasteiger partial charge in [-0.05, 0) is 49.9 Å². The first-order valence-electron chi connectivity index (χ1n) is 14.6. The van der Waals surface area contributed by atoms with Crippen LogP contribution in [-0.4, -0.2) is 45.9 Å². The highest BCUT2D eigenvalue weighted by Gasteiger charge is 2.46. The van der Waals surface area contributed by atoms with E-state index >= 15 is 0 Å². The highest BCUT2D eigenvalue weighted by atomic mass is 16.3. The Bertz CT molecular complexity index is 1310. The summed E-state index contributed by atoms with van der Waals surface area (Å²) in [4.78, 5) is 42.6. The van der Waals surface area contributed by atoms with Crippen LogP contribution in [0.3, 0.4) is 0 Å². The van der Waals surface area contributed by atoms with Crippen molar-refractivity contribution in [3.63, 3.8) is 0 Å². The smallest absolute Gasteiger partial charge is 0.252 e. The number of hydrogen-bond acceptors (Lipinski definition) is 4. The number of amides is 2. The Morgan fingerprint density at radius 3 is 2.33 bits per heavy atom. The van der Waals surface area contributed by atoms with Crippen molar-refractivity contribution in [2.75, 3.05) is 13.6 Å². The number of aromatic hydroxyl groups is 1. The Hall–Kier alpha value is -3.61. The first-order valence-corrected chi connectivity index (χ1v) is 14.6. The number of aryl methyl sites for hydroxylation is 1. The fourth-order valence-electron chi connectivity index (χ4n) is 5.73. The Kier molecular flexibility index (Phi) is 10.9. The van der Waals surface area contributed by atoms with E-state index in [0.29, 0.717) is 41.5 Å². The van der Waals surface area contributed by atoms with Crippen molar-refractivity contribution in [2.45, 2.75) is 91.0 Å². The zero-order valence-electron chi connectivity index (χ0n) is 24.8. The number of nitrogens with zero attached hydrogens (tertiary/aromatic N) is 2. The number of benzene rings is 2. The molecule has 40 heavy (non-hydrogen) atoms. The summed E-state index contributed by atoms with van der Waals surface area (Å²) in [6, 6.07) is 14.8. The second-order valence-corrected chi connectivity index (χ2v) is 10.9. The fraction of sp³-hybridized carbons (Fsp3) is 0.485. The number of unbranched alkanes of at least 4 members (excludes halogenated alkanes) is 4. The highest BCUT2D eigenvalue weighted by molar-refractivity contribution is 6.02. The van der Waals surface area contributed by atoms with Crippen LogP contribution in [0.1, 0.15) is 93.8 Å². The van der Waals surface area contributed by atoms with Gasteiger partial charge in [-0.3, -0.25) is 19.0 Å². The van der Waals surface area contributed by atoms with Gasteiger partial charge in [-0.1, -0.05) is 76.3 Å². The molecule has 1 unspecified atom stereocenters. The number of hydrogen-bond donors (Lipinski definition) is 2. The van der Waals surface area contributed by atoms with Gasteiger partial charge in [0, 0.05) is 43.6 Å². The fourth-order valence-corrected chi connectivity index (χ4v) is 5.73. The largest absolute Gasteiger partial charge is 0.508 e. The third-order valence-corrected chi connectivity index (χ3v) is 7.69. The Labute approximate surface area is 238 Å². The maximum absolute atomic E-state index is 14.4. The number of carbonyl (C=O) groups excluding carboxylic acids is 3. The summed E-state index contributed by atoms with van der Waals surface area (Å²) >= 11 is 0. The zero-order valence-corrected chi connectivity index (χ0v) is 24.8. The van der Waals surface area contributed by atoms with Gasteiger partial charge in [-0.25, -0.2) is 0 Å². The predicted octanol–water partition coefficient (Wildman–Crippen LogP) is 6.49. The molecule has 0 bridgehead atoms. The molecule has 7 heteroatoms. The third kappa shape index (κ3) is 6.93. The summed E-state index contributed by atoms with van der Waals surface area (Å²) in [5.74, 6) is -0.576. The summed E-state index contributed by atoms with van der Waals surface area (Å²) in [5, 5.41) is 14.2. The summed E-state index contributed by atoms with van der Waals surface area (Å²) in [7, 11) is 1.78. The molecular weight excluding hydrogens is 502 g/mol. The van der Waals surface area contributed by atoms with E-state index in [-0.39, 0.29) is 29.9 Å². The average molecular weight is 548 g/mol. The Balaban J connectivity index is 2.22. The van der Waals surface area contributed by atoms with Crippen LogP contribution in [0.5, 0.6) is 5.75 Å². The molecule has 0 aliphatic heterocycles. The first kappa shape index (κ1) is 30.9. The summed E-state index contributed by atoms with van der Waals surface area (Å²) in [5.41, 5.74) is 1.52. The van der Waals surface area contributed by atoms with Crippen LogP contribution in [0, 0.1) is 6.92 Å². The van der Waals surface area contributed by atoms with Crippen molar-refractivity contribution in [2.24, 2.45) is 0 Å². The van der Waals surface area contributed by atoms with Crippen LogP contribution >= 0.6 is 0 Å². The van der Waals surface area contributed by atoms with E-state index < -0.39 is 5.54 Å². The van der Waals surface area contributed by atoms with Crippen LogP contribution in [0.15, 0.2) is 48.5 Å². The molecule has 0 aliphatic carbocycles. The number of phenols is 1. The molecule has 2 N–H and O–H groups in total. The molecule has 0 fully saturated rings. The lowest BCUT2D eigenvalue weighted by Crippen LogP contribution is -2.56. The van der Waals surface area contributed by atoms with Gasteiger partial charge in [0.1, 0.15) is 11.3 Å². The van der Waals surface area contributed by atoms with Crippen LogP contribution in [0.4, 0.5) is 0 Å². The van der Waals surface area contributed by atoms with Crippen molar-refractivity contribution in [1.82, 2.24) is 14.8 Å². The number of fused-ring (bicyclic) bond motifs is 1. The Morgan fingerprint density at radius 1 is 0.975 bits per heavy atom. The van der Waals surface area contributed by atoms with Crippen molar-refractivity contribution in [3.05, 3.63) is 65.4 Å². The van der Waals surface area contributed by atoms with E-state index in [9.17, 15) is 19.5 Å². The molecule has 3 aromatic rings. The molecule has 0 saturated heterocycles. The van der Waals surface area contributed by atoms with Gasteiger partial charge in [0.25, 0.3) is 5.91 Å². The number of carbonyl (C=O) groups is 3. The number of likely N-dealkylation sites (N-methyl/N-ethyl adjacent to an activating group) is 1. The number of nitrogens with one attached hydrogen (secondary N) is 1. The summed E-state index contributed by atoms with van der Waals surface area (Å²) < 4.78 is 1.66. The molecule has 1 atom stereocenters. The van der Waals surface area contributed by atoms with Crippen LogP contribution < -0.4 is 5.32 Å². The standard InChI is InChI=1S/C33H45N3O4/c1-6-8-10-14-21-33(34-25(4)37,32(40)35(5)22-9-7-2)31-24(3)36(29-19-18-27(38)23-28(29)31)30(39)20-17-26-15-12-11-13-16-26/h11-13,15-16,18-19,23,38H,6-10,14,17,20-22H2,1-5H3,(H,34,37). The lowest BCUT2D eigenvalue weighted by Gasteiger charge is -2.37. The van der Waals surface area contributed by atoms with E-state index in [1.807, 2.05) is 37.3 Å². The molecule has 0 spiro atoms. The Morgan fingerprint density at radius 2 is 1.68 bits per heavy atom. The van der Waals surface area contributed by atoms with Gasteiger partial charge in [0.15, 0.2) is 0 Å². The van der Waals surface area contributed by atoms with Gasteiger partial charge >= 0.3 is 0 Å². The number of rotatable bonds is 14. The molecule has 0 radical (unpaired) electrons. The van der Waals surface area contributed by atoms with E-state index in [1.165, 1.54) is 6.92 Å². The molecular formula is C33H45N3O4. The van der Waals surface area contributed by atoms with Crippen molar-refractivity contribution in [3.8, 4) is 5.75 Å². The highest BCUT2D eigenvalue weighted by Crippen LogP contribution is 2.40. The van der Waals surface area contributed by atoms with E-state index in [1.54, 1.807) is 34.7 Å². The first-order chi connectivity index (χ1) is 19.2. The monoisotopic (exact) mass is 547 g/mol. The van der Waals surface area contributed by atoms with Crippen LogP contribution in [0.25, 0.3) is 10.9 Å². The van der Waals surface area contributed by atoms with Gasteiger partial charge in [-0.2, -0.15) is 0 Å². The maximum atomic E-state index is 14.4. The third-order valence-electron chi connectivity index (χ3n) is 7.69. The van der Waals surface area contributed by atoms with E-state index in [0.717, 1.165) is 44.1 Å². The predicted molar refractivity (Wildman–Crippen MR) is 161 cm³/mol. The molecule has 7 nitrogen and oxygen atoms in total.